The van der Waals surface area contributed by atoms with E-state index in [1.165, 1.54) is 0 Å². The van der Waals surface area contributed by atoms with Gasteiger partial charge < -0.3 is 10.6 Å². The number of hydrogen-bond donors (Lipinski definition) is 2. The van der Waals surface area contributed by atoms with E-state index in [1.54, 1.807) is 18.3 Å². The smallest absolute Gasteiger partial charge is 0.256 e. The maximum Gasteiger partial charge on any atom is 0.256 e. The summed E-state index contributed by atoms with van der Waals surface area (Å²) < 4.78 is 0. The largest absolute Gasteiger partial charge is 0.352 e. The van der Waals surface area contributed by atoms with Gasteiger partial charge in [0.25, 0.3) is 5.91 Å². The number of carbonyl (C=O) groups excluding carboxylic acids is 2. The fraction of sp³-hybridized carbons (Fsp3) is 0.350. The lowest BCUT2D eigenvalue weighted by Gasteiger charge is -2.11. The van der Waals surface area contributed by atoms with Gasteiger partial charge in [0, 0.05) is 24.2 Å². The Hall–Kier alpha value is -2.69. The molecular weight excluding hydrogens is 314 g/mol. The Morgan fingerprint density at radius 1 is 1.12 bits per heavy atom. The average molecular weight is 337 g/mol. The molecule has 5 heteroatoms. The zero-order chi connectivity index (χ0) is 17.6. The van der Waals surface area contributed by atoms with Crippen molar-refractivity contribution in [3.8, 4) is 0 Å². The van der Waals surface area contributed by atoms with Gasteiger partial charge in [0.1, 0.15) is 5.82 Å². The van der Waals surface area contributed by atoms with Crippen molar-refractivity contribution in [2.75, 3.05) is 5.32 Å². The van der Waals surface area contributed by atoms with Gasteiger partial charge in [0.05, 0.1) is 0 Å². The first-order chi connectivity index (χ1) is 12.1. The van der Waals surface area contributed by atoms with E-state index in [2.05, 4.69) is 15.6 Å². The third kappa shape index (κ3) is 4.66. The summed E-state index contributed by atoms with van der Waals surface area (Å²) in [6.07, 6.45) is 5.96. The molecule has 0 radical (unpaired) electrons. The summed E-state index contributed by atoms with van der Waals surface area (Å²) in [7, 11) is 0. The molecule has 5 nitrogen and oxygen atoms in total. The molecule has 0 unspecified atom stereocenters. The SMILES string of the molecule is Cc1ccnc(NC(=O)c2ccc(CNC(=O)C3CCCC3)cc2)c1. The number of nitrogens with zero attached hydrogens (tertiary/aromatic N) is 1. The lowest BCUT2D eigenvalue weighted by atomic mass is 10.1. The summed E-state index contributed by atoms with van der Waals surface area (Å²) in [6, 6.07) is 11.0. The number of aromatic nitrogens is 1. The third-order valence-corrected chi connectivity index (χ3v) is 4.57. The zero-order valence-electron chi connectivity index (χ0n) is 14.4. The summed E-state index contributed by atoms with van der Waals surface area (Å²) in [6.45, 7) is 2.45. The van der Waals surface area contributed by atoms with Gasteiger partial charge in [-0.3, -0.25) is 9.59 Å². The van der Waals surface area contributed by atoms with Crippen molar-refractivity contribution in [3.05, 3.63) is 59.3 Å². The van der Waals surface area contributed by atoms with Crippen LogP contribution >= 0.6 is 0 Å². The predicted molar refractivity (Wildman–Crippen MR) is 97.2 cm³/mol. The monoisotopic (exact) mass is 337 g/mol. The van der Waals surface area contributed by atoms with Crippen LogP contribution < -0.4 is 10.6 Å². The number of benzene rings is 1. The molecule has 0 atom stereocenters. The van der Waals surface area contributed by atoms with E-state index < -0.39 is 0 Å². The minimum Gasteiger partial charge on any atom is -0.352 e. The Labute approximate surface area is 147 Å². The van der Waals surface area contributed by atoms with Gasteiger partial charge in [-0.05, 0) is 55.2 Å². The molecule has 2 amide bonds. The topological polar surface area (TPSA) is 71.1 Å². The van der Waals surface area contributed by atoms with E-state index in [0.717, 1.165) is 36.8 Å². The Bertz CT molecular complexity index is 750. The van der Waals surface area contributed by atoms with Crippen molar-refractivity contribution in [1.82, 2.24) is 10.3 Å². The highest BCUT2D eigenvalue weighted by molar-refractivity contribution is 6.03. The van der Waals surface area contributed by atoms with Crippen molar-refractivity contribution in [1.29, 1.82) is 0 Å². The standard InChI is InChI=1S/C20H23N3O2/c1-14-10-11-21-18(12-14)23-20(25)17-8-6-15(7-9-17)13-22-19(24)16-4-2-3-5-16/h6-12,16H,2-5,13H2,1H3,(H,22,24)(H,21,23,25). The van der Waals surface area contributed by atoms with E-state index in [9.17, 15) is 9.59 Å². The molecule has 2 N–H and O–H groups in total. The summed E-state index contributed by atoms with van der Waals surface area (Å²) in [5.74, 6) is 0.661. The van der Waals surface area contributed by atoms with Gasteiger partial charge in [-0.1, -0.05) is 25.0 Å². The number of anilines is 1. The quantitative estimate of drug-likeness (QED) is 0.878. The molecule has 25 heavy (non-hydrogen) atoms. The van der Waals surface area contributed by atoms with E-state index in [-0.39, 0.29) is 17.7 Å². The molecule has 0 aliphatic heterocycles. The fourth-order valence-corrected chi connectivity index (χ4v) is 3.09. The summed E-state index contributed by atoms with van der Waals surface area (Å²) in [5.41, 5.74) is 2.59. The molecule has 1 fully saturated rings. The molecule has 1 aliphatic carbocycles. The van der Waals surface area contributed by atoms with Crippen molar-refractivity contribution >= 4 is 17.6 Å². The fourth-order valence-electron chi connectivity index (χ4n) is 3.09. The molecule has 2 aromatic rings. The third-order valence-electron chi connectivity index (χ3n) is 4.57. The molecule has 3 rings (SSSR count). The van der Waals surface area contributed by atoms with Gasteiger partial charge >= 0.3 is 0 Å². The second kappa shape index (κ2) is 7.92. The Balaban J connectivity index is 1.54. The molecule has 0 saturated heterocycles. The van der Waals surface area contributed by atoms with Crippen LogP contribution in [0.4, 0.5) is 5.82 Å². The Kier molecular flexibility index (Phi) is 5.43. The molecule has 130 valence electrons. The Morgan fingerprint density at radius 2 is 1.84 bits per heavy atom. The van der Waals surface area contributed by atoms with Crippen LogP contribution in [0.3, 0.4) is 0 Å². The number of amides is 2. The summed E-state index contributed by atoms with van der Waals surface area (Å²) in [4.78, 5) is 28.4. The second-order valence-corrected chi connectivity index (χ2v) is 6.57. The number of pyridine rings is 1. The number of hydrogen-bond acceptors (Lipinski definition) is 3. The van der Waals surface area contributed by atoms with Crippen LogP contribution in [0.5, 0.6) is 0 Å². The average Bonchev–Trinajstić information content (AvgIpc) is 3.15. The lowest BCUT2D eigenvalue weighted by Crippen LogP contribution is -2.28. The molecule has 1 heterocycles. The first-order valence-corrected chi connectivity index (χ1v) is 8.72. The van der Waals surface area contributed by atoms with Crippen LogP contribution in [0.25, 0.3) is 0 Å². The predicted octanol–water partition coefficient (Wildman–Crippen LogP) is 3.45. The number of aryl methyl sites for hydroxylation is 1. The van der Waals surface area contributed by atoms with Crippen LogP contribution in [0, 0.1) is 12.8 Å². The highest BCUT2D eigenvalue weighted by atomic mass is 16.2. The van der Waals surface area contributed by atoms with Gasteiger partial charge in [-0.2, -0.15) is 0 Å². The van der Waals surface area contributed by atoms with Crippen LogP contribution in [0.2, 0.25) is 0 Å². The number of nitrogens with one attached hydrogen (secondary N) is 2. The first-order valence-electron chi connectivity index (χ1n) is 8.72. The molecule has 1 saturated carbocycles. The van der Waals surface area contributed by atoms with Gasteiger partial charge in [-0.25, -0.2) is 4.98 Å². The van der Waals surface area contributed by atoms with Crippen LogP contribution in [0.1, 0.15) is 47.2 Å². The molecule has 1 aliphatic rings. The van der Waals surface area contributed by atoms with E-state index in [0.29, 0.717) is 17.9 Å². The molecule has 1 aromatic carbocycles. The van der Waals surface area contributed by atoms with Crippen molar-refractivity contribution in [2.45, 2.75) is 39.2 Å². The second-order valence-electron chi connectivity index (χ2n) is 6.57. The van der Waals surface area contributed by atoms with E-state index in [1.807, 2.05) is 31.2 Å². The first kappa shape index (κ1) is 17.1. The van der Waals surface area contributed by atoms with Gasteiger partial charge in [0.15, 0.2) is 0 Å². The zero-order valence-corrected chi connectivity index (χ0v) is 14.4. The minimum absolute atomic E-state index is 0.143. The highest BCUT2D eigenvalue weighted by Gasteiger charge is 2.22. The van der Waals surface area contributed by atoms with Crippen LogP contribution in [-0.2, 0) is 11.3 Å². The Morgan fingerprint density at radius 3 is 2.52 bits per heavy atom. The van der Waals surface area contributed by atoms with Crippen molar-refractivity contribution < 1.29 is 9.59 Å². The van der Waals surface area contributed by atoms with Gasteiger partial charge in [0.2, 0.25) is 5.91 Å². The normalized spacial score (nSPS) is 14.3. The van der Waals surface area contributed by atoms with Gasteiger partial charge in [-0.15, -0.1) is 0 Å². The number of carbonyl (C=O) groups is 2. The molecule has 0 bridgehead atoms. The molecule has 0 spiro atoms. The van der Waals surface area contributed by atoms with E-state index in [4.69, 9.17) is 0 Å². The molecular formula is C20H23N3O2. The van der Waals surface area contributed by atoms with Crippen molar-refractivity contribution in [3.63, 3.8) is 0 Å². The maximum absolute atomic E-state index is 12.3. The lowest BCUT2D eigenvalue weighted by molar-refractivity contribution is -0.124. The highest BCUT2D eigenvalue weighted by Crippen LogP contribution is 2.24. The molecule has 1 aromatic heterocycles. The van der Waals surface area contributed by atoms with Crippen LogP contribution in [-0.4, -0.2) is 16.8 Å². The summed E-state index contributed by atoms with van der Waals surface area (Å²) in [5, 5.41) is 5.77. The minimum atomic E-state index is -0.195. The summed E-state index contributed by atoms with van der Waals surface area (Å²) >= 11 is 0. The van der Waals surface area contributed by atoms with Crippen molar-refractivity contribution in [2.24, 2.45) is 5.92 Å². The van der Waals surface area contributed by atoms with E-state index >= 15 is 0 Å². The number of rotatable bonds is 5. The maximum atomic E-state index is 12.3. The van der Waals surface area contributed by atoms with Crippen LogP contribution in [0.15, 0.2) is 42.6 Å².